The number of aromatic nitrogens is 6. The lowest BCUT2D eigenvalue weighted by Crippen LogP contribution is -2.16. The molecule has 3 aromatic heterocycles. The Balaban J connectivity index is 1.58. The summed E-state index contributed by atoms with van der Waals surface area (Å²) in [7, 11) is -2.98. The van der Waals surface area contributed by atoms with E-state index in [0.717, 1.165) is 24.4 Å². The number of hydrogen-bond donors (Lipinski definition) is 0. The van der Waals surface area contributed by atoms with Gasteiger partial charge in [-0.05, 0) is 31.0 Å². The number of hydrogen-bond acceptors (Lipinski definition) is 6. The van der Waals surface area contributed by atoms with Gasteiger partial charge >= 0.3 is 0 Å². The maximum atomic E-state index is 11.9. The summed E-state index contributed by atoms with van der Waals surface area (Å²) in [6, 6.07) is 5.48. The molecule has 0 bridgehead atoms. The van der Waals surface area contributed by atoms with E-state index in [-0.39, 0.29) is 17.5 Å². The highest BCUT2D eigenvalue weighted by Gasteiger charge is 2.31. The lowest BCUT2D eigenvalue weighted by atomic mass is 10.2. The summed E-state index contributed by atoms with van der Waals surface area (Å²) in [5, 5.41) is 8.84. The summed E-state index contributed by atoms with van der Waals surface area (Å²) in [4.78, 5) is 8.71. The second-order valence-electron chi connectivity index (χ2n) is 6.46. The summed E-state index contributed by atoms with van der Waals surface area (Å²) in [6.45, 7) is 0.785. The number of nitrogens with zero attached hydrogens (tertiary/aromatic N) is 6. The van der Waals surface area contributed by atoms with Crippen LogP contribution in [0.25, 0.3) is 11.4 Å². The molecule has 0 saturated carbocycles. The Kier molecular flexibility index (Phi) is 4.54. The van der Waals surface area contributed by atoms with Gasteiger partial charge in [-0.25, -0.2) is 18.1 Å². The van der Waals surface area contributed by atoms with Crippen LogP contribution >= 0.6 is 0 Å². The van der Waals surface area contributed by atoms with Crippen molar-refractivity contribution in [1.82, 2.24) is 29.5 Å². The summed E-state index contributed by atoms with van der Waals surface area (Å²) in [5.74, 6) is 1.80. The van der Waals surface area contributed by atoms with Gasteiger partial charge in [0, 0.05) is 43.3 Å². The zero-order chi connectivity index (χ0) is 18.0. The van der Waals surface area contributed by atoms with Crippen molar-refractivity contribution in [2.45, 2.75) is 31.8 Å². The molecule has 1 atom stereocenters. The summed E-state index contributed by atoms with van der Waals surface area (Å²) < 4.78 is 27.5. The van der Waals surface area contributed by atoms with Crippen LogP contribution in [-0.4, -0.2) is 49.5 Å². The molecule has 0 aromatic carbocycles. The van der Waals surface area contributed by atoms with Gasteiger partial charge in [-0.15, -0.1) is 0 Å². The van der Waals surface area contributed by atoms with Crippen molar-refractivity contribution < 1.29 is 8.42 Å². The van der Waals surface area contributed by atoms with Crippen molar-refractivity contribution in [1.29, 1.82) is 0 Å². The number of sulfone groups is 1. The van der Waals surface area contributed by atoms with E-state index in [2.05, 4.69) is 15.2 Å². The molecule has 8 nitrogen and oxygen atoms in total. The normalized spacial score (nSPS) is 19.0. The Hall–Kier alpha value is -2.55. The first-order chi connectivity index (χ1) is 12.6. The minimum Gasteiger partial charge on any atom is -0.273 e. The summed E-state index contributed by atoms with van der Waals surface area (Å²) in [6.07, 6.45) is 9.25. The molecule has 26 heavy (non-hydrogen) atoms. The number of rotatable bonds is 6. The minimum absolute atomic E-state index is 0.136. The molecule has 1 aliphatic heterocycles. The van der Waals surface area contributed by atoms with Crippen molar-refractivity contribution in [2.24, 2.45) is 0 Å². The average molecular weight is 372 g/mol. The lowest BCUT2D eigenvalue weighted by molar-refractivity contribution is 0.466. The van der Waals surface area contributed by atoms with Gasteiger partial charge in [0.25, 0.3) is 0 Å². The van der Waals surface area contributed by atoms with Gasteiger partial charge in [-0.3, -0.25) is 9.67 Å². The highest BCUT2D eigenvalue weighted by atomic mass is 32.2. The quantitative estimate of drug-likeness (QED) is 0.651. The van der Waals surface area contributed by atoms with Crippen molar-refractivity contribution in [3.63, 3.8) is 0 Å². The largest absolute Gasteiger partial charge is 0.273 e. The fourth-order valence-corrected chi connectivity index (χ4v) is 4.93. The molecule has 0 radical (unpaired) electrons. The maximum Gasteiger partial charge on any atom is 0.181 e. The van der Waals surface area contributed by atoms with Crippen molar-refractivity contribution in [3.05, 3.63) is 48.8 Å². The van der Waals surface area contributed by atoms with E-state index in [9.17, 15) is 8.42 Å². The predicted molar refractivity (Wildman–Crippen MR) is 96.1 cm³/mol. The molecule has 1 fully saturated rings. The molecule has 4 rings (SSSR count). The molecule has 0 amide bonds. The van der Waals surface area contributed by atoms with E-state index in [1.807, 2.05) is 33.8 Å². The Morgan fingerprint density at radius 2 is 2.04 bits per heavy atom. The number of pyridine rings is 1. The lowest BCUT2D eigenvalue weighted by Gasteiger charge is -2.11. The standard InChI is InChI=1S/C17H20N6O2S/c24-26(25)12-6-15(13-26)23-16(3-1-10-22-11-2-7-19-22)20-17(21-23)14-4-8-18-9-5-14/h2,4-5,7-9,11,15H,1,3,6,10,12-13H2/t15-/m0/s1. The van der Waals surface area contributed by atoms with Gasteiger partial charge < -0.3 is 0 Å². The molecule has 0 spiro atoms. The van der Waals surface area contributed by atoms with E-state index in [1.54, 1.807) is 18.6 Å². The molecular weight excluding hydrogens is 352 g/mol. The maximum absolute atomic E-state index is 11.9. The molecule has 0 N–H and O–H groups in total. The van der Waals surface area contributed by atoms with Crippen LogP contribution in [0.4, 0.5) is 0 Å². The molecular formula is C17H20N6O2S. The van der Waals surface area contributed by atoms with Crippen LogP contribution in [0.3, 0.4) is 0 Å². The van der Waals surface area contributed by atoms with Gasteiger partial charge in [0.15, 0.2) is 15.7 Å². The van der Waals surface area contributed by atoms with Crippen LogP contribution in [0.15, 0.2) is 43.0 Å². The topological polar surface area (TPSA) is 95.6 Å². The first-order valence-corrected chi connectivity index (χ1v) is 10.5. The van der Waals surface area contributed by atoms with Gasteiger partial charge in [0.2, 0.25) is 0 Å². The first kappa shape index (κ1) is 16.9. The molecule has 0 aliphatic carbocycles. The minimum atomic E-state index is -2.98. The first-order valence-electron chi connectivity index (χ1n) is 8.64. The fraction of sp³-hybridized carbons (Fsp3) is 0.412. The third-order valence-corrected chi connectivity index (χ3v) is 6.29. The monoisotopic (exact) mass is 372 g/mol. The second kappa shape index (κ2) is 6.99. The Morgan fingerprint density at radius 3 is 2.73 bits per heavy atom. The highest BCUT2D eigenvalue weighted by Crippen LogP contribution is 2.26. The molecule has 1 aliphatic rings. The summed E-state index contributed by atoms with van der Waals surface area (Å²) in [5.41, 5.74) is 0.882. The zero-order valence-electron chi connectivity index (χ0n) is 14.3. The molecule has 9 heteroatoms. The van der Waals surface area contributed by atoms with E-state index in [1.165, 1.54) is 0 Å². The van der Waals surface area contributed by atoms with Gasteiger partial charge in [0.05, 0.1) is 17.5 Å². The second-order valence-corrected chi connectivity index (χ2v) is 8.69. The van der Waals surface area contributed by atoms with Crippen LogP contribution in [0.1, 0.15) is 24.7 Å². The van der Waals surface area contributed by atoms with E-state index >= 15 is 0 Å². The van der Waals surface area contributed by atoms with E-state index < -0.39 is 9.84 Å². The van der Waals surface area contributed by atoms with Crippen LogP contribution < -0.4 is 0 Å². The molecule has 4 heterocycles. The summed E-state index contributed by atoms with van der Waals surface area (Å²) >= 11 is 0. The predicted octanol–water partition coefficient (Wildman–Crippen LogP) is 1.53. The van der Waals surface area contributed by atoms with E-state index in [4.69, 9.17) is 4.98 Å². The fourth-order valence-electron chi connectivity index (χ4n) is 3.24. The molecule has 1 saturated heterocycles. The van der Waals surface area contributed by atoms with Gasteiger partial charge in [-0.2, -0.15) is 10.2 Å². The van der Waals surface area contributed by atoms with Gasteiger partial charge in [-0.1, -0.05) is 0 Å². The zero-order valence-corrected chi connectivity index (χ0v) is 15.1. The van der Waals surface area contributed by atoms with Crippen molar-refractivity contribution in [3.8, 4) is 11.4 Å². The Morgan fingerprint density at radius 1 is 1.19 bits per heavy atom. The van der Waals surface area contributed by atoms with Crippen LogP contribution in [0.2, 0.25) is 0 Å². The SMILES string of the molecule is O=S1(=O)CC[C@H](n2nc(-c3ccncc3)nc2CCCn2cccn2)C1. The molecule has 136 valence electrons. The van der Waals surface area contributed by atoms with Gasteiger partial charge in [0.1, 0.15) is 5.82 Å². The van der Waals surface area contributed by atoms with Crippen LogP contribution in [0.5, 0.6) is 0 Å². The highest BCUT2D eigenvalue weighted by molar-refractivity contribution is 7.91. The van der Waals surface area contributed by atoms with Crippen molar-refractivity contribution in [2.75, 3.05) is 11.5 Å². The van der Waals surface area contributed by atoms with E-state index in [0.29, 0.717) is 18.7 Å². The third kappa shape index (κ3) is 3.67. The smallest absolute Gasteiger partial charge is 0.181 e. The molecule has 3 aromatic rings. The number of aryl methyl sites for hydroxylation is 2. The third-order valence-electron chi connectivity index (χ3n) is 4.54. The average Bonchev–Trinajstić information content (AvgIpc) is 3.36. The van der Waals surface area contributed by atoms with Crippen LogP contribution in [0, 0.1) is 0 Å². The van der Waals surface area contributed by atoms with Crippen molar-refractivity contribution >= 4 is 9.84 Å². The van der Waals surface area contributed by atoms with Crippen LogP contribution in [-0.2, 0) is 22.8 Å². The molecule has 0 unspecified atom stereocenters. The Bertz CT molecular complexity index is 966. The Labute approximate surface area is 151 Å².